The number of hydrogen-bond donors (Lipinski definition) is 1. The van der Waals surface area contributed by atoms with Gasteiger partial charge in [0, 0.05) is 0 Å². The Morgan fingerprint density at radius 2 is 2.45 bits per heavy atom. The molecule has 0 aromatic carbocycles. The Morgan fingerprint density at radius 1 is 1.82 bits per heavy atom. The number of primary amides is 1. The Hall–Kier alpha value is -0.260. The van der Waals surface area contributed by atoms with Gasteiger partial charge < -0.3 is 10.5 Å². The zero-order valence-electron chi connectivity index (χ0n) is 6.26. The molecule has 0 heterocycles. The van der Waals surface area contributed by atoms with Gasteiger partial charge in [-0.1, -0.05) is 0 Å². The predicted octanol–water partition coefficient (Wildman–Crippen LogP) is 1.95. The zero-order valence-corrected chi connectivity index (χ0v) is 8.42. The molecule has 1 amide bonds. The van der Waals surface area contributed by atoms with Crippen molar-refractivity contribution in [3.63, 3.8) is 0 Å². The number of nitrogens with two attached hydrogens (primary N) is 1. The first-order chi connectivity index (χ1) is 5.11. The zero-order chi connectivity index (χ0) is 8.43. The molecule has 0 saturated carbocycles. The Kier molecular flexibility index (Phi) is 2.75. The van der Waals surface area contributed by atoms with Crippen LogP contribution in [0.5, 0.6) is 0 Å². The van der Waals surface area contributed by atoms with E-state index in [0.717, 1.165) is 18.4 Å². The van der Waals surface area contributed by atoms with E-state index in [-0.39, 0.29) is 6.10 Å². The minimum atomic E-state index is -0.680. The summed E-state index contributed by atoms with van der Waals surface area (Å²) in [4.78, 5) is 10.4. The quantitative estimate of drug-likeness (QED) is 0.738. The summed E-state index contributed by atoms with van der Waals surface area (Å²) >= 11 is 2.27. The fraction of sp³-hybridized carbons (Fsp3) is 0.571. The Morgan fingerprint density at radius 3 is 2.82 bits per heavy atom. The maximum atomic E-state index is 10.4. The molecule has 1 aliphatic carbocycles. The van der Waals surface area contributed by atoms with E-state index >= 15 is 0 Å². The molecule has 0 aromatic heterocycles. The minimum absolute atomic E-state index is 0.0700. The molecule has 0 aromatic rings. The van der Waals surface area contributed by atoms with E-state index < -0.39 is 6.09 Å². The van der Waals surface area contributed by atoms with Crippen molar-refractivity contribution in [3.05, 3.63) is 9.15 Å². The van der Waals surface area contributed by atoms with E-state index in [1.807, 2.05) is 6.92 Å². The average molecular weight is 267 g/mol. The number of rotatable bonds is 1. The van der Waals surface area contributed by atoms with Crippen molar-refractivity contribution in [2.45, 2.75) is 25.9 Å². The third-order valence-electron chi connectivity index (χ3n) is 1.80. The first kappa shape index (κ1) is 8.83. The van der Waals surface area contributed by atoms with Crippen LogP contribution in [0, 0.1) is 0 Å². The third kappa shape index (κ3) is 2.08. The Labute approximate surface area is 79.1 Å². The van der Waals surface area contributed by atoms with Crippen molar-refractivity contribution in [2.24, 2.45) is 5.73 Å². The van der Waals surface area contributed by atoms with Crippen LogP contribution in [0.3, 0.4) is 0 Å². The molecule has 11 heavy (non-hydrogen) atoms. The number of hydrogen-bond acceptors (Lipinski definition) is 2. The lowest BCUT2D eigenvalue weighted by Gasteiger charge is -2.10. The SMILES string of the molecule is CC1=C(I)CCC1OC(N)=O. The van der Waals surface area contributed by atoms with Crippen LogP contribution in [-0.4, -0.2) is 12.2 Å². The highest BCUT2D eigenvalue weighted by molar-refractivity contribution is 14.1. The lowest BCUT2D eigenvalue weighted by atomic mass is 10.2. The average Bonchev–Trinajstić information content (AvgIpc) is 2.18. The highest BCUT2D eigenvalue weighted by Crippen LogP contribution is 2.32. The monoisotopic (exact) mass is 267 g/mol. The molecule has 1 rings (SSSR count). The minimum Gasteiger partial charge on any atom is -0.442 e. The van der Waals surface area contributed by atoms with Gasteiger partial charge in [-0.05, 0) is 51.5 Å². The largest absolute Gasteiger partial charge is 0.442 e. The van der Waals surface area contributed by atoms with Crippen molar-refractivity contribution in [1.29, 1.82) is 0 Å². The first-order valence-corrected chi connectivity index (χ1v) is 4.50. The topological polar surface area (TPSA) is 52.3 Å². The molecule has 2 N–H and O–H groups in total. The van der Waals surface area contributed by atoms with Crippen LogP contribution in [0.1, 0.15) is 19.8 Å². The standard InChI is InChI=1S/C7H10INO2/c1-4-5(8)2-3-6(4)11-7(9)10/h6H,2-3H2,1H3,(H2,9,10). The fourth-order valence-electron chi connectivity index (χ4n) is 1.13. The van der Waals surface area contributed by atoms with Gasteiger partial charge in [-0.3, -0.25) is 0 Å². The summed E-state index contributed by atoms with van der Waals surface area (Å²) in [5.41, 5.74) is 6.04. The highest BCUT2D eigenvalue weighted by atomic mass is 127. The van der Waals surface area contributed by atoms with E-state index in [1.165, 1.54) is 3.58 Å². The summed E-state index contributed by atoms with van der Waals surface area (Å²) in [7, 11) is 0. The summed E-state index contributed by atoms with van der Waals surface area (Å²) in [5.74, 6) is 0. The fourth-order valence-corrected chi connectivity index (χ4v) is 1.79. The lowest BCUT2D eigenvalue weighted by Crippen LogP contribution is -2.21. The highest BCUT2D eigenvalue weighted by Gasteiger charge is 2.23. The van der Waals surface area contributed by atoms with Crippen molar-refractivity contribution in [2.75, 3.05) is 0 Å². The molecule has 0 fully saturated rings. The molecule has 1 unspecified atom stereocenters. The molecule has 3 nitrogen and oxygen atoms in total. The molecule has 0 bridgehead atoms. The van der Waals surface area contributed by atoms with Crippen LogP contribution in [0.4, 0.5) is 4.79 Å². The summed E-state index contributed by atoms with van der Waals surface area (Å²) in [6.07, 6.45) is 1.14. The first-order valence-electron chi connectivity index (χ1n) is 3.42. The molecule has 0 radical (unpaired) electrons. The molecule has 1 atom stereocenters. The van der Waals surface area contributed by atoms with E-state index in [9.17, 15) is 4.79 Å². The van der Waals surface area contributed by atoms with Crippen molar-refractivity contribution >= 4 is 28.7 Å². The van der Waals surface area contributed by atoms with Crippen LogP contribution < -0.4 is 5.73 Å². The molecule has 1 aliphatic rings. The van der Waals surface area contributed by atoms with E-state index in [2.05, 4.69) is 22.6 Å². The second kappa shape index (κ2) is 3.42. The van der Waals surface area contributed by atoms with Gasteiger partial charge in [-0.2, -0.15) is 0 Å². The van der Waals surface area contributed by atoms with Crippen molar-refractivity contribution in [1.82, 2.24) is 0 Å². The van der Waals surface area contributed by atoms with Gasteiger partial charge in [0.2, 0.25) is 0 Å². The van der Waals surface area contributed by atoms with Crippen LogP contribution in [0.2, 0.25) is 0 Å². The van der Waals surface area contributed by atoms with Crippen LogP contribution in [-0.2, 0) is 4.74 Å². The van der Waals surface area contributed by atoms with E-state index in [0.29, 0.717) is 0 Å². The summed E-state index contributed by atoms with van der Waals surface area (Å²) in [6.45, 7) is 1.97. The molecule has 0 spiro atoms. The Bertz CT molecular complexity index is 212. The van der Waals surface area contributed by atoms with Crippen molar-refractivity contribution in [3.8, 4) is 0 Å². The van der Waals surface area contributed by atoms with Gasteiger partial charge in [0.25, 0.3) is 0 Å². The van der Waals surface area contributed by atoms with E-state index in [1.54, 1.807) is 0 Å². The van der Waals surface area contributed by atoms with Gasteiger partial charge in [0.15, 0.2) is 0 Å². The molecular weight excluding hydrogens is 257 g/mol. The number of ether oxygens (including phenoxy) is 1. The van der Waals surface area contributed by atoms with Crippen LogP contribution in [0.25, 0.3) is 0 Å². The Balaban J connectivity index is 2.57. The van der Waals surface area contributed by atoms with Crippen LogP contribution >= 0.6 is 22.6 Å². The molecule has 62 valence electrons. The number of amides is 1. The van der Waals surface area contributed by atoms with Crippen LogP contribution in [0.15, 0.2) is 9.15 Å². The smallest absolute Gasteiger partial charge is 0.405 e. The van der Waals surface area contributed by atoms with Crippen molar-refractivity contribution < 1.29 is 9.53 Å². The maximum absolute atomic E-state index is 10.4. The van der Waals surface area contributed by atoms with Gasteiger partial charge in [-0.25, -0.2) is 4.79 Å². The second-order valence-corrected chi connectivity index (χ2v) is 3.85. The molecule has 4 heteroatoms. The van der Waals surface area contributed by atoms with Gasteiger partial charge in [0.05, 0.1) is 0 Å². The maximum Gasteiger partial charge on any atom is 0.405 e. The van der Waals surface area contributed by atoms with Gasteiger partial charge >= 0.3 is 6.09 Å². The number of carbonyl (C=O) groups is 1. The normalized spacial score (nSPS) is 24.0. The number of allylic oxidation sites excluding steroid dienone is 1. The lowest BCUT2D eigenvalue weighted by molar-refractivity contribution is 0.124. The summed E-state index contributed by atoms with van der Waals surface area (Å²) < 4.78 is 6.16. The molecule has 0 aliphatic heterocycles. The van der Waals surface area contributed by atoms with Gasteiger partial charge in [-0.15, -0.1) is 0 Å². The predicted molar refractivity (Wildman–Crippen MR) is 50.4 cm³/mol. The number of carbonyl (C=O) groups excluding carboxylic acids is 1. The number of halogens is 1. The van der Waals surface area contributed by atoms with Gasteiger partial charge in [0.1, 0.15) is 6.10 Å². The second-order valence-electron chi connectivity index (χ2n) is 2.55. The third-order valence-corrected chi connectivity index (χ3v) is 3.19. The molecular formula is C7H10INO2. The molecule has 0 saturated heterocycles. The van der Waals surface area contributed by atoms with E-state index in [4.69, 9.17) is 10.5 Å². The summed E-state index contributed by atoms with van der Waals surface area (Å²) in [5, 5.41) is 0. The summed E-state index contributed by atoms with van der Waals surface area (Å²) in [6, 6.07) is 0.